The Morgan fingerprint density at radius 2 is 1.47 bits per heavy atom. The summed E-state index contributed by atoms with van der Waals surface area (Å²) in [7, 11) is -0.173. The molecule has 0 atom stereocenters. The van der Waals surface area contributed by atoms with Gasteiger partial charge in [-0.3, -0.25) is 0 Å². The summed E-state index contributed by atoms with van der Waals surface area (Å²) in [6, 6.07) is 0. The van der Waals surface area contributed by atoms with Crippen molar-refractivity contribution in [3.05, 3.63) is 0 Å². The van der Waals surface area contributed by atoms with E-state index in [2.05, 4.69) is 0 Å². The minimum Gasteiger partial charge on any atom is -0.403 e. The molecular formula is C14H23BF2O2. The van der Waals surface area contributed by atoms with Gasteiger partial charge in [-0.15, -0.1) is 0 Å². The van der Waals surface area contributed by atoms with Crippen molar-refractivity contribution in [2.45, 2.75) is 76.8 Å². The molecule has 1 aliphatic heterocycles. The molecule has 1 heterocycles. The Morgan fingerprint density at radius 1 is 1.00 bits per heavy atom. The smallest absolute Gasteiger partial charge is 0.403 e. The predicted molar refractivity (Wildman–Crippen MR) is 70.2 cm³/mol. The number of alkyl halides is 2. The lowest BCUT2D eigenvalue weighted by Gasteiger charge is -2.57. The van der Waals surface area contributed by atoms with E-state index in [1.165, 1.54) is 0 Å². The molecule has 3 aliphatic rings. The molecule has 0 unspecified atom stereocenters. The van der Waals surface area contributed by atoms with Crippen LogP contribution in [0.25, 0.3) is 0 Å². The summed E-state index contributed by atoms with van der Waals surface area (Å²) in [4.78, 5) is 0. The van der Waals surface area contributed by atoms with E-state index >= 15 is 0 Å². The highest BCUT2D eigenvalue weighted by Gasteiger charge is 2.62. The molecule has 0 aromatic heterocycles. The molecule has 0 aromatic carbocycles. The van der Waals surface area contributed by atoms with Crippen LogP contribution in [0.2, 0.25) is 6.32 Å². The highest BCUT2D eigenvalue weighted by atomic mass is 19.3. The molecular weight excluding hydrogens is 249 g/mol. The Kier molecular flexibility index (Phi) is 2.71. The van der Waals surface area contributed by atoms with Crippen molar-refractivity contribution in [2.24, 2.45) is 11.3 Å². The quantitative estimate of drug-likeness (QED) is 0.710. The van der Waals surface area contributed by atoms with Gasteiger partial charge in [-0.2, -0.15) is 0 Å². The molecule has 5 heteroatoms. The topological polar surface area (TPSA) is 18.5 Å². The molecule has 1 saturated heterocycles. The van der Waals surface area contributed by atoms with Crippen LogP contribution in [0.1, 0.15) is 53.4 Å². The molecule has 0 aromatic rings. The maximum absolute atomic E-state index is 12.9. The van der Waals surface area contributed by atoms with Gasteiger partial charge in [0, 0.05) is 12.8 Å². The SMILES string of the molecule is CC1(C)OB(CC2CC3(C2)CC(F)(F)C3)OC1(C)C. The van der Waals surface area contributed by atoms with Crippen molar-refractivity contribution in [1.82, 2.24) is 0 Å². The molecule has 3 fully saturated rings. The van der Waals surface area contributed by atoms with Crippen LogP contribution in [0.15, 0.2) is 0 Å². The van der Waals surface area contributed by atoms with Gasteiger partial charge < -0.3 is 9.31 Å². The summed E-state index contributed by atoms with van der Waals surface area (Å²) in [5, 5.41) is 0. The van der Waals surface area contributed by atoms with E-state index in [0.717, 1.165) is 19.2 Å². The van der Waals surface area contributed by atoms with E-state index in [0.29, 0.717) is 5.92 Å². The first-order chi connectivity index (χ1) is 8.53. The summed E-state index contributed by atoms with van der Waals surface area (Å²) in [6.45, 7) is 8.17. The van der Waals surface area contributed by atoms with Gasteiger partial charge in [-0.1, -0.05) is 0 Å². The minimum atomic E-state index is -2.39. The average molecular weight is 272 g/mol. The van der Waals surface area contributed by atoms with E-state index in [1.54, 1.807) is 0 Å². The third-order valence-corrected chi connectivity index (χ3v) is 5.54. The zero-order chi connectivity index (χ0) is 14.1. The fraction of sp³-hybridized carbons (Fsp3) is 1.00. The van der Waals surface area contributed by atoms with Crippen LogP contribution in [0.4, 0.5) is 8.78 Å². The summed E-state index contributed by atoms with van der Waals surface area (Å²) < 4.78 is 37.8. The molecule has 0 N–H and O–H groups in total. The summed E-state index contributed by atoms with van der Waals surface area (Å²) in [5.41, 5.74) is -0.622. The maximum Gasteiger partial charge on any atom is 0.458 e. The first-order valence-corrected chi connectivity index (χ1v) is 7.26. The van der Waals surface area contributed by atoms with Crippen molar-refractivity contribution in [1.29, 1.82) is 0 Å². The fourth-order valence-electron chi connectivity index (χ4n) is 4.00. The Balaban J connectivity index is 1.48. The summed E-state index contributed by atoms with van der Waals surface area (Å²) >= 11 is 0. The van der Waals surface area contributed by atoms with Gasteiger partial charge in [-0.05, 0) is 58.2 Å². The Morgan fingerprint density at radius 3 is 1.89 bits per heavy atom. The second-order valence-corrected chi connectivity index (χ2v) is 7.91. The number of hydrogen-bond donors (Lipinski definition) is 0. The lowest BCUT2D eigenvalue weighted by Crippen LogP contribution is -2.54. The zero-order valence-electron chi connectivity index (χ0n) is 12.3. The Hall–Kier alpha value is -0.155. The third-order valence-electron chi connectivity index (χ3n) is 5.54. The lowest BCUT2D eigenvalue weighted by atomic mass is 9.47. The van der Waals surface area contributed by atoms with Gasteiger partial charge in [0.1, 0.15) is 0 Å². The average Bonchev–Trinajstić information content (AvgIpc) is 2.28. The van der Waals surface area contributed by atoms with Gasteiger partial charge in [0.2, 0.25) is 5.92 Å². The van der Waals surface area contributed by atoms with Crippen molar-refractivity contribution in [3.63, 3.8) is 0 Å². The van der Waals surface area contributed by atoms with Crippen molar-refractivity contribution in [2.75, 3.05) is 0 Å². The first-order valence-electron chi connectivity index (χ1n) is 7.26. The van der Waals surface area contributed by atoms with Crippen LogP contribution in [0.5, 0.6) is 0 Å². The highest BCUT2D eigenvalue weighted by molar-refractivity contribution is 6.45. The van der Waals surface area contributed by atoms with Gasteiger partial charge in [0.05, 0.1) is 11.2 Å². The van der Waals surface area contributed by atoms with Crippen LogP contribution in [0.3, 0.4) is 0 Å². The standard InChI is InChI=1S/C14H23BF2O2/c1-11(2)12(3,4)19-15(18-11)7-10-5-13(6-10)8-14(16,17)9-13/h10H,5-9H2,1-4H3. The molecule has 108 valence electrons. The number of rotatable bonds is 2. The van der Waals surface area contributed by atoms with Crippen LogP contribution in [-0.2, 0) is 9.31 Å². The molecule has 19 heavy (non-hydrogen) atoms. The summed E-state index contributed by atoms with van der Waals surface area (Å²) in [5.74, 6) is -1.90. The van der Waals surface area contributed by atoms with Gasteiger partial charge in [0.15, 0.2) is 0 Å². The fourth-order valence-corrected chi connectivity index (χ4v) is 4.00. The number of hydrogen-bond acceptors (Lipinski definition) is 2. The monoisotopic (exact) mass is 272 g/mol. The van der Waals surface area contributed by atoms with E-state index in [-0.39, 0.29) is 36.6 Å². The largest absolute Gasteiger partial charge is 0.458 e. The molecule has 2 nitrogen and oxygen atoms in total. The van der Waals surface area contributed by atoms with Crippen LogP contribution in [0, 0.1) is 11.3 Å². The van der Waals surface area contributed by atoms with Crippen molar-refractivity contribution >= 4 is 7.12 Å². The lowest BCUT2D eigenvalue weighted by molar-refractivity contribution is -0.204. The first kappa shape index (κ1) is 13.8. The van der Waals surface area contributed by atoms with Gasteiger partial charge >= 0.3 is 7.12 Å². The molecule has 2 saturated carbocycles. The van der Waals surface area contributed by atoms with E-state index in [4.69, 9.17) is 9.31 Å². The van der Waals surface area contributed by atoms with E-state index < -0.39 is 5.92 Å². The summed E-state index contributed by atoms with van der Waals surface area (Å²) in [6.07, 6.45) is 2.89. The molecule has 0 amide bonds. The molecule has 3 rings (SSSR count). The number of halogens is 2. The Labute approximate surface area is 114 Å². The predicted octanol–water partition coefficient (Wildman–Crippen LogP) is 3.90. The second kappa shape index (κ2) is 3.73. The van der Waals surface area contributed by atoms with Crippen LogP contribution >= 0.6 is 0 Å². The maximum atomic E-state index is 12.9. The van der Waals surface area contributed by atoms with Crippen molar-refractivity contribution < 1.29 is 18.1 Å². The zero-order valence-corrected chi connectivity index (χ0v) is 12.3. The van der Waals surface area contributed by atoms with E-state index in [9.17, 15) is 8.78 Å². The van der Waals surface area contributed by atoms with Crippen LogP contribution < -0.4 is 0 Å². The van der Waals surface area contributed by atoms with E-state index in [1.807, 2.05) is 27.7 Å². The highest BCUT2D eigenvalue weighted by Crippen LogP contribution is 2.65. The molecule has 2 aliphatic carbocycles. The normalized spacial score (nSPS) is 34.1. The second-order valence-electron chi connectivity index (χ2n) is 7.91. The third kappa shape index (κ3) is 2.23. The Bertz CT molecular complexity index is 363. The van der Waals surface area contributed by atoms with Crippen molar-refractivity contribution in [3.8, 4) is 0 Å². The molecule has 0 radical (unpaired) electrons. The molecule has 1 spiro atoms. The minimum absolute atomic E-state index is 0.0438. The van der Waals surface area contributed by atoms with Gasteiger partial charge in [0.25, 0.3) is 0 Å². The van der Waals surface area contributed by atoms with Crippen LogP contribution in [-0.4, -0.2) is 24.2 Å². The molecule has 0 bridgehead atoms. The van der Waals surface area contributed by atoms with Gasteiger partial charge in [-0.25, -0.2) is 8.78 Å².